The van der Waals surface area contributed by atoms with Crippen LogP contribution in [0.15, 0.2) is 30.3 Å². The van der Waals surface area contributed by atoms with Crippen molar-refractivity contribution in [3.63, 3.8) is 0 Å². The van der Waals surface area contributed by atoms with Crippen molar-refractivity contribution in [2.24, 2.45) is 0 Å². The van der Waals surface area contributed by atoms with Crippen LogP contribution >= 0.6 is 0 Å². The standard InChI is InChI=1S/C12H18O/c1-3-4-10-12(2,13)11-8-6-5-7-9-11/h5-9,13H,3-4,10H2,1-2H3/t12-/m0/s1. The van der Waals surface area contributed by atoms with Crippen molar-refractivity contribution < 1.29 is 5.11 Å². The summed E-state index contributed by atoms with van der Waals surface area (Å²) in [5, 5.41) is 10.1. The zero-order chi connectivity index (χ0) is 9.73. The van der Waals surface area contributed by atoms with E-state index in [1.165, 1.54) is 0 Å². The minimum Gasteiger partial charge on any atom is -0.385 e. The van der Waals surface area contributed by atoms with Gasteiger partial charge in [-0.15, -0.1) is 0 Å². The van der Waals surface area contributed by atoms with Gasteiger partial charge in [-0.1, -0.05) is 50.1 Å². The van der Waals surface area contributed by atoms with Gasteiger partial charge in [0.05, 0.1) is 5.60 Å². The lowest BCUT2D eigenvalue weighted by Gasteiger charge is -2.23. The normalized spacial score (nSPS) is 15.3. The Bertz CT molecular complexity index is 239. The molecule has 1 rings (SSSR count). The zero-order valence-electron chi connectivity index (χ0n) is 8.46. The molecule has 0 radical (unpaired) electrons. The van der Waals surface area contributed by atoms with E-state index in [1.807, 2.05) is 37.3 Å². The van der Waals surface area contributed by atoms with Crippen molar-refractivity contribution in [3.05, 3.63) is 35.9 Å². The first-order chi connectivity index (χ1) is 6.17. The van der Waals surface area contributed by atoms with Crippen LogP contribution in [-0.4, -0.2) is 5.11 Å². The highest BCUT2D eigenvalue weighted by Gasteiger charge is 2.21. The molecule has 1 heteroatoms. The van der Waals surface area contributed by atoms with E-state index in [1.54, 1.807) is 0 Å². The molecule has 0 aromatic heterocycles. The van der Waals surface area contributed by atoms with Crippen LogP contribution in [0.3, 0.4) is 0 Å². The first-order valence-electron chi connectivity index (χ1n) is 4.94. The van der Waals surface area contributed by atoms with E-state index in [9.17, 15) is 5.11 Å². The summed E-state index contributed by atoms with van der Waals surface area (Å²) in [5.74, 6) is 0. The van der Waals surface area contributed by atoms with Crippen LogP contribution in [0.4, 0.5) is 0 Å². The van der Waals surface area contributed by atoms with E-state index in [0.29, 0.717) is 0 Å². The van der Waals surface area contributed by atoms with Crippen LogP contribution in [0.2, 0.25) is 0 Å². The lowest BCUT2D eigenvalue weighted by atomic mass is 9.91. The van der Waals surface area contributed by atoms with E-state index in [-0.39, 0.29) is 0 Å². The molecule has 0 heterocycles. The minimum atomic E-state index is -0.655. The van der Waals surface area contributed by atoms with Gasteiger partial charge in [-0.3, -0.25) is 0 Å². The zero-order valence-corrected chi connectivity index (χ0v) is 8.46. The first kappa shape index (κ1) is 10.3. The SMILES string of the molecule is CCCC[C@](C)(O)c1ccccc1. The topological polar surface area (TPSA) is 20.2 Å². The van der Waals surface area contributed by atoms with Gasteiger partial charge in [0.15, 0.2) is 0 Å². The summed E-state index contributed by atoms with van der Waals surface area (Å²) < 4.78 is 0. The monoisotopic (exact) mass is 178 g/mol. The third kappa shape index (κ3) is 2.85. The van der Waals surface area contributed by atoms with Crippen LogP contribution < -0.4 is 0 Å². The second-order valence-corrected chi connectivity index (χ2v) is 3.74. The highest BCUT2D eigenvalue weighted by Crippen LogP contribution is 2.25. The van der Waals surface area contributed by atoms with Gasteiger partial charge in [0, 0.05) is 0 Å². The first-order valence-corrected chi connectivity index (χ1v) is 4.94. The second kappa shape index (κ2) is 4.43. The molecular weight excluding hydrogens is 160 g/mol. The van der Waals surface area contributed by atoms with Crippen molar-refractivity contribution >= 4 is 0 Å². The Hall–Kier alpha value is -0.820. The molecule has 0 saturated heterocycles. The summed E-state index contributed by atoms with van der Waals surface area (Å²) in [6.07, 6.45) is 3.04. The Morgan fingerprint density at radius 1 is 1.23 bits per heavy atom. The lowest BCUT2D eigenvalue weighted by Crippen LogP contribution is -2.20. The molecule has 0 saturated carbocycles. The van der Waals surface area contributed by atoms with Gasteiger partial charge in [0.25, 0.3) is 0 Å². The molecule has 0 bridgehead atoms. The minimum absolute atomic E-state index is 0.655. The highest BCUT2D eigenvalue weighted by atomic mass is 16.3. The molecule has 13 heavy (non-hydrogen) atoms. The fourth-order valence-electron chi connectivity index (χ4n) is 1.46. The summed E-state index contributed by atoms with van der Waals surface area (Å²) in [6, 6.07) is 9.87. The molecule has 0 aliphatic rings. The van der Waals surface area contributed by atoms with Crippen molar-refractivity contribution in [1.29, 1.82) is 0 Å². The summed E-state index contributed by atoms with van der Waals surface area (Å²) >= 11 is 0. The number of unbranched alkanes of at least 4 members (excludes halogenated alkanes) is 1. The quantitative estimate of drug-likeness (QED) is 0.751. The van der Waals surface area contributed by atoms with E-state index in [0.717, 1.165) is 24.8 Å². The summed E-state index contributed by atoms with van der Waals surface area (Å²) in [4.78, 5) is 0. The van der Waals surface area contributed by atoms with Gasteiger partial charge < -0.3 is 5.11 Å². The van der Waals surface area contributed by atoms with Crippen molar-refractivity contribution in [2.45, 2.75) is 38.7 Å². The fraction of sp³-hybridized carbons (Fsp3) is 0.500. The van der Waals surface area contributed by atoms with Crippen LogP contribution in [0, 0.1) is 0 Å². The molecule has 1 N–H and O–H groups in total. The molecule has 72 valence electrons. The van der Waals surface area contributed by atoms with Gasteiger partial charge >= 0.3 is 0 Å². The van der Waals surface area contributed by atoms with Crippen molar-refractivity contribution in [1.82, 2.24) is 0 Å². The molecule has 0 amide bonds. The van der Waals surface area contributed by atoms with E-state index in [4.69, 9.17) is 0 Å². The van der Waals surface area contributed by atoms with Crippen LogP contribution in [0.25, 0.3) is 0 Å². The van der Waals surface area contributed by atoms with Crippen LogP contribution in [0.1, 0.15) is 38.7 Å². The maximum Gasteiger partial charge on any atom is 0.0868 e. The maximum atomic E-state index is 10.1. The molecule has 0 unspecified atom stereocenters. The molecule has 1 atom stereocenters. The Morgan fingerprint density at radius 2 is 1.85 bits per heavy atom. The second-order valence-electron chi connectivity index (χ2n) is 3.74. The van der Waals surface area contributed by atoms with E-state index < -0.39 is 5.60 Å². The Morgan fingerprint density at radius 3 is 2.38 bits per heavy atom. The third-order valence-corrected chi connectivity index (χ3v) is 2.41. The van der Waals surface area contributed by atoms with Gasteiger partial charge in [0.2, 0.25) is 0 Å². The highest BCUT2D eigenvalue weighted by molar-refractivity contribution is 5.21. The Balaban J connectivity index is 2.69. The Labute approximate surface area is 80.4 Å². The smallest absolute Gasteiger partial charge is 0.0868 e. The van der Waals surface area contributed by atoms with E-state index >= 15 is 0 Å². The lowest BCUT2D eigenvalue weighted by molar-refractivity contribution is 0.0454. The summed E-state index contributed by atoms with van der Waals surface area (Å²) in [5.41, 5.74) is 0.362. The number of hydrogen-bond acceptors (Lipinski definition) is 1. The number of rotatable bonds is 4. The molecule has 1 aromatic carbocycles. The molecule has 1 aromatic rings. The average molecular weight is 178 g/mol. The summed E-state index contributed by atoms with van der Waals surface area (Å²) in [7, 11) is 0. The summed E-state index contributed by atoms with van der Waals surface area (Å²) in [6.45, 7) is 4.03. The fourth-order valence-corrected chi connectivity index (χ4v) is 1.46. The Kier molecular flexibility index (Phi) is 3.49. The van der Waals surface area contributed by atoms with Gasteiger partial charge in [-0.25, -0.2) is 0 Å². The molecule has 0 spiro atoms. The predicted octanol–water partition coefficient (Wildman–Crippen LogP) is 3.08. The number of benzene rings is 1. The largest absolute Gasteiger partial charge is 0.385 e. The molecule has 0 aliphatic carbocycles. The third-order valence-electron chi connectivity index (χ3n) is 2.41. The molecule has 1 nitrogen and oxygen atoms in total. The van der Waals surface area contributed by atoms with Gasteiger partial charge in [0.1, 0.15) is 0 Å². The molecule has 0 fully saturated rings. The van der Waals surface area contributed by atoms with Gasteiger partial charge in [-0.05, 0) is 18.9 Å². The maximum absolute atomic E-state index is 10.1. The van der Waals surface area contributed by atoms with Crippen LogP contribution in [-0.2, 0) is 5.60 Å². The molecule has 0 aliphatic heterocycles. The molecular formula is C12H18O. The average Bonchev–Trinajstić information content (AvgIpc) is 2.16. The number of hydrogen-bond donors (Lipinski definition) is 1. The van der Waals surface area contributed by atoms with E-state index in [2.05, 4.69) is 6.92 Å². The van der Waals surface area contributed by atoms with Gasteiger partial charge in [-0.2, -0.15) is 0 Å². The van der Waals surface area contributed by atoms with Crippen LogP contribution in [0.5, 0.6) is 0 Å². The number of aliphatic hydroxyl groups is 1. The predicted molar refractivity (Wildman–Crippen MR) is 55.5 cm³/mol. The van der Waals surface area contributed by atoms with Crippen molar-refractivity contribution in [3.8, 4) is 0 Å². The van der Waals surface area contributed by atoms with Crippen molar-refractivity contribution in [2.75, 3.05) is 0 Å².